The quantitative estimate of drug-likeness (QED) is 0.663. The van der Waals surface area contributed by atoms with E-state index in [-0.39, 0.29) is 17.9 Å². The Hall–Kier alpha value is -3.90. The molecule has 0 bridgehead atoms. The van der Waals surface area contributed by atoms with Crippen LogP contribution in [0.3, 0.4) is 0 Å². The van der Waals surface area contributed by atoms with E-state index in [1.54, 1.807) is 29.2 Å². The van der Waals surface area contributed by atoms with Crippen molar-refractivity contribution in [2.24, 2.45) is 0 Å². The number of halogens is 1. The van der Waals surface area contributed by atoms with E-state index < -0.39 is 11.4 Å². The lowest BCUT2D eigenvalue weighted by Gasteiger charge is -2.36. The number of likely N-dealkylation sites (tertiary alicyclic amines) is 1. The van der Waals surface area contributed by atoms with Crippen LogP contribution < -0.4 is 0 Å². The largest absolute Gasteiger partial charge is 0.386 e. The first-order chi connectivity index (χ1) is 15.5. The van der Waals surface area contributed by atoms with E-state index in [0.29, 0.717) is 31.5 Å². The van der Waals surface area contributed by atoms with Gasteiger partial charge in [-0.25, -0.2) is 9.07 Å². The second-order valence-electron chi connectivity index (χ2n) is 7.77. The standard InChI is InChI=1S/C23H21FN6O2/c24-21-6-3-18(13-19(21)15-25)7-8-23(32)9-11-29(12-10-23)22(31)14-17-1-4-20(5-2-17)30-16-26-27-28-30/h1-8,13,16,32H,9-12,14H2/b8-7+. The van der Waals surface area contributed by atoms with Gasteiger partial charge in [-0.1, -0.05) is 30.4 Å². The molecule has 2 heterocycles. The van der Waals surface area contributed by atoms with Gasteiger partial charge in [-0.15, -0.1) is 5.10 Å². The van der Waals surface area contributed by atoms with Gasteiger partial charge in [-0.05, 0) is 58.7 Å². The third kappa shape index (κ3) is 4.87. The Bertz CT molecular complexity index is 1160. The number of hydrogen-bond acceptors (Lipinski definition) is 6. The maximum atomic E-state index is 13.5. The van der Waals surface area contributed by atoms with Crippen LogP contribution in [0.15, 0.2) is 54.9 Å². The first kappa shape index (κ1) is 21.3. The third-order valence-corrected chi connectivity index (χ3v) is 5.58. The molecule has 1 saturated heterocycles. The number of tetrazole rings is 1. The summed E-state index contributed by atoms with van der Waals surface area (Å²) in [6.07, 6.45) is 5.93. The third-order valence-electron chi connectivity index (χ3n) is 5.58. The molecule has 0 saturated carbocycles. The van der Waals surface area contributed by atoms with Crippen molar-refractivity contribution in [2.75, 3.05) is 13.1 Å². The highest BCUT2D eigenvalue weighted by Crippen LogP contribution is 2.25. The minimum Gasteiger partial charge on any atom is -0.386 e. The number of hydrogen-bond donors (Lipinski definition) is 1. The normalized spacial score (nSPS) is 15.6. The van der Waals surface area contributed by atoms with Crippen LogP contribution in [0.5, 0.6) is 0 Å². The van der Waals surface area contributed by atoms with Crippen molar-refractivity contribution in [2.45, 2.75) is 24.9 Å². The van der Waals surface area contributed by atoms with Crippen molar-refractivity contribution in [3.8, 4) is 11.8 Å². The molecule has 0 atom stereocenters. The fourth-order valence-electron chi connectivity index (χ4n) is 3.63. The summed E-state index contributed by atoms with van der Waals surface area (Å²) in [5.41, 5.74) is 1.25. The Labute approximate surface area is 184 Å². The minimum absolute atomic E-state index is 0.00315. The second kappa shape index (κ2) is 9.08. The minimum atomic E-state index is -1.05. The number of carbonyl (C=O) groups is 1. The van der Waals surface area contributed by atoms with Crippen molar-refractivity contribution >= 4 is 12.0 Å². The van der Waals surface area contributed by atoms with Gasteiger partial charge < -0.3 is 10.0 Å². The molecule has 0 spiro atoms. The average molecular weight is 432 g/mol. The lowest BCUT2D eigenvalue weighted by Crippen LogP contribution is -2.46. The molecule has 0 aliphatic carbocycles. The number of nitrogens with zero attached hydrogens (tertiary/aromatic N) is 6. The number of benzene rings is 2. The van der Waals surface area contributed by atoms with Crippen molar-refractivity contribution in [1.82, 2.24) is 25.1 Å². The molecular formula is C23H21FN6O2. The number of amides is 1. The molecule has 162 valence electrons. The Morgan fingerprint density at radius 3 is 2.62 bits per heavy atom. The molecule has 9 heteroatoms. The molecule has 8 nitrogen and oxygen atoms in total. The topological polar surface area (TPSA) is 108 Å². The number of rotatable bonds is 5. The number of nitriles is 1. The van der Waals surface area contributed by atoms with E-state index in [4.69, 9.17) is 5.26 Å². The molecule has 1 aromatic heterocycles. The molecule has 0 unspecified atom stereocenters. The van der Waals surface area contributed by atoms with Gasteiger partial charge in [0, 0.05) is 13.1 Å². The maximum absolute atomic E-state index is 13.5. The van der Waals surface area contributed by atoms with Crippen LogP contribution in [0, 0.1) is 17.1 Å². The van der Waals surface area contributed by atoms with Gasteiger partial charge in [0.25, 0.3) is 0 Å². The number of piperidine rings is 1. The van der Waals surface area contributed by atoms with Crippen LogP contribution in [0.25, 0.3) is 11.8 Å². The molecule has 4 rings (SSSR count). The summed E-state index contributed by atoms with van der Waals surface area (Å²) in [6, 6.07) is 13.5. The molecule has 3 aromatic rings. The Morgan fingerprint density at radius 2 is 1.97 bits per heavy atom. The lowest BCUT2D eigenvalue weighted by molar-refractivity contribution is -0.133. The zero-order valence-electron chi connectivity index (χ0n) is 17.2. The fourth-order valence-corrected chi connectivity index (χ4v) is 3.63. The summed E-state index contributed by atoms with van der Waals surface area (Å²) in [4.78, 5) is 14.4. The second-order valence-corrected chi connectivity index (χ2v) is 7.77. The highest BCUT2D eigenvalue weighted by molar-refractivity contribution is 5.79. The molecule has 1 aliphatic heterocycles. The van der Waals surface area contributed by atoms with Crippen molar-refractivity contribution < 1.29 is 14.3 Å². The molecule has 1 fully saturated rings. The molecule has 32 heavy (non-hydrogen) atoms. The highest BCUT2D eigenvalue weighted by Gasteiger charge is 2.31. The van der Waals surface area contributed by atoms with Gasteiger partial charge >= 0.3 is 0 Å². The molecular weight excluding hydrogens is 411 g/mol. The fraction of sp³-hybridized carbons (Fsp3) is 0.261. The van der Waals surface area contributed by atoms with E-state index in [9.17, 15) is 14.3 Å². The van der Waals surface area contributed by atoms with Gasteiger partial charge in [0.05, 0.1) is 23.3 Å². The van der Waals surface area contributed by atoms with Crippen molar-refractivity contribution in [1.29, 1.82) is 5.26 Å². The Balaban J connectivity index is 1.32. The SMILES string of the molecule is N#Cc1cc(/C=C/C2(O)CCN(C(=O)Cc3ccc(-n4cnnn4)cc3)CC2)ccc1F. The van der Waals surface area contributed by atoms with Gasteiger partial charge in [0.15, 0.2) is 0 Å². The zero-order chi connectivity index (χ0) is 22.6. The molecule has 1 aliphatic rings. The predicted octanol–water partition coefficient (Wildman–Crippen LogP) is 2.28. The highest BCUT2D eigenvalue weighted by atomic mass is 19.1. The van der Waals surface area contributed by atoms with E-state index in [2.05, 4.69) is 15.5 Å². The van der Waals surface area contributed by atoms with Crippen LogP contribution in [0.2, 0.25) is 0 Å². The van der Waals surface area contributed by atoms with Crippen molar-refractivity contribution in [3.05, 3.63) is 77.4 Å². The van der Waals surface area contributed by atoms with Crippen LogP contribution in [0.1, 0.15) is 29.5 Å². The maximum Gasteiger partial charge on any atom is 0.226 e. The summed E-state index contributed by atoms with van der Waals surface area (Å²) < 4.78 is 15.0. The molecule has 1 N–H and O–H groups in total. The van der Waals surface area contributed by atoms with Crippen LogP contribution in [-0.2, 0) is 11.2 Å². The van der Waals surface area contributed by atoms with Gasteiger partial charge in [-0.2, -0.15) is 5.26 Å². The van der Waals surface area contributed by atoms with E-state index in [1.165, 1.54) is 23.1 Å². The summed E-state index contributed by atoms with van der Waals surface area (Å²) in [5, 5.41) is 30.8. The van der Waals surface area contributed by atoms with Gasteiger partial charge in [0.2, 0.25) is 5.91 Å². The zero-order valence-corrected chi connectivity index (χ0v) is 17.2. The average Bonchev–Trinajstić information content (AvgIpc) is 3.34. The summed E-state index contributed by atoms with van der Waals surface area (Å²) in [7, 11) is 0. The lowest BCUT2D eigenvalue weighted by atomic mass is 9.90. The van der Waals surface area contributed by atoms with E-state index in [1.807, 2.05) is 24.3 Å². The summed E-state index contributed by atoms with van der Waals surface area (Å²) in [6.45, 7) is 0.879. The summed E-state index contributed by atoms with van der Waals surface area (Å²) in [5.74, 6) is -0.566. The first-order valence-electron chi connectivity index (χ1n) is 10.2. The van der Waals surface area contributed by atoms with Crippen LogP contribution in [0.4, 0.5) is 4.39 Å². The smallest absolute Gasteiger partial charge is 0.226 e. The van der Waals surface area contributed by atoms with Crippen molar-refractivity contribution in [3.63, 3.8) is 0 Å². The van der Waals surface area contributed by atoms with Gasteiger partial charge in [-0.3, -0.25) is 4.79 Å². The predicted molar refractivity (Wildman–Crippen MR) is 114 cm³/mol. The molecule has 1 amide bonds. The van der Waals surface area contributed by atoms with Gasteiger partial charge in [0.1, 0.15) is 18.2 Å². The van der Waals surface area contributed by atoms with E-state index in [0.717, 1.165) is 11.3 Å². The first-order valence-corrected chi connectivity index (χ1v) is 10.2. The van der Waals surface area contributed by atoms with Crippen LogP contribution in [-0.4, -0.2) is 54.8 Å². The van der Waals surface area contributed by atoms with E-state index >= 15 is 0 Å². The molecule has 0 radical (unpaired) electrons. The number of aliphatic hydroxyl groups is 1. The number of aromatic nitrogens is 4. The Kier molecular flexibility index (Phi) is 6.05. The monoisotopic (exact) mass is 432 g/mol. The molecule has 2 aromatic carbocycles. The van der Waals surface area contributed by atoms with Crippen LogP contribution >= 0.6 is 0 Å². The number of carbonyl (C=O) groups excluding carboxylic acids is 1. The Morgan fingerprint density at radius 1 is 1.22 bits per heavy atom. The summed E-state index contributed by atoms with van der Waals surface area (Å²) >= 11 is 0.